The van der Waals surface area contributed by atoms with Gasteiger partial charge in [0, 0.05) is 28.6 Å². The molecule has 0 amide bonds. The van der Waals surface area contributed by atoms with Crippen LogP contribution in [0.15, 0.2) is 109 Å². The molecule has 0 aliphatic heterocycles. The Morgan fingerprint density at radius 3 is 1.55 bits per heavy atom. The average Bonchev–Trinajstić information content (AvgIpc) is 3.26. The molecule has 4 nitrogen and oxygen atoms in total. The fourth-order valence-electron chi connectivity index (χ4n) is 3.39. The molecule has 2 heterocycles. The Labute approximate surface area is 169 Å². The third kappa shape index (κ3) is 3.32. The van der Waals surface area contributed by atoms with Crippen LogP contribution < -0.4 is 0 Å². The first-order valence-corrected chi connectivity index (χ1v) is 9.48. The highest BCUT2D eigenvalue weighted by Gasteiger charge is 2.17. The smallest absolute Gasteiger partial charge is 0.168 e. The van der Waals surface area contributed by atoms with Gasteiger partial charge in [-0.25, -0.2) is 0 Å². The van der Waals surface area contributed by atoms with E-state index in [2.05, 4.69) is 68.3 Å². The molecule has 4 heteroatoms. The number of rotatable bonds is 4. The van der Waals surface area contributed by atoms with Crippen LogP contribution in [0.3, 0.4) is 0 Å². The van der Waals surface area contributed by atoms with Crippen LogP contribution in [0.4, 0.5) is 0 Å². The van der Waals surface area contributed by atoms with Gasteiger partial charge in [0.15, 0.2) is 11.6 Å². The molecule has 0 bridgehead atoms. The fraction of sp³-hybridized carbons (Fsp3) is 0. The molecule has 0 aliphatic rings. The highest BCUT2D eigenvalue weighted by atomic mass is 15.3. The lowest BCUT2D eigenvalue weighted by Gasteiger charge is -2.12. The molecule has 0 N–H and O–H groups in total. The zero-order valence-corrected chi connectivity index (χ0v) is 15.7. The first kappa shape index (κ1) is 17.1. The number of aromatic nitrogens is 4. The minimum Gasteiger partial charge on any atom is -0.275 e. The molecule has 0 saturated heterocycles. The molecule has 0 atom stereocenters. The lowest BCUT2D eigenvalue weighted by molar-refractivity contribution is 1.07. The molecule has 2 aromatic heterocycles. The Balaban J connectivity index is 1.66. The van der Waals surface area contributed by atoms with Gasteiger partial charge < -0.3 is 0 Å². The van der Waals surface area contributed by atoms with Gasteiger partial charge in [-0.15, -0.1) is 10.2 Å². The monoisotopic (exact) mass is 374 g/mol. The third-order valence-corrected chi connectivity index (χ3v) is 4.81. The van der Waals surface area contributed by atoms with E-state index in [9.17, 15) is 0 Å². The van der Waals surface area contributed by atoms with Crippen LogP contribution in [0.2, 0.25) is 0 Å². The van der Waals surface area contributed by atoms with E-state index in [1.165, 1.54) is 0 Å². The largest absolute Gasteiger partial charge is 0.275 e. The quantitative estimate of drug-likeness (QED) is 0.407. The van der Waals surface area contributed by atoms with Gasteiger partial charge in [0.1, 0.15) is 0 Å². The molecule has 138 valence electrons. The van der Waals surface area contributed by atoms with Crippen LogP contribution in [-0.2, 0) is 0 Å². The molecule has 5 rings (SSSR count). The summed E-state index contributed by atoms with van der Waals surface area (Å²) in [6.07, 6.45) is 1.81. The Bertz CT molecular complexity index is 1160. The summed E-state index contributed by atoms with van der Waals surface area (Å²) in [6.45, 7) is 0. The maximum absolute atomic E-state index is 4.52. The van der Waals surface area contributed by atoms with Crippen molar-refractivity contribution in [1.29, 1.82) is 0 Å². The summed E-state index contributed by atoms with van der Waals surface area (Å²) in [7, 11) is 0. The normalized spacial score (nSPS) is 10.8. The Kier molecular flexibility index (Phi) is 4.43. The van der Waals surface area contributed by atoms with E-state index in [4.69, 9.17) is 0 Å². The molecule has 0 spiro atoms. The van der Waals surface area contributed by atoms with Crippen LogP contribution in [0.25, 0.3) is 39.7 Å². The van der Waals surface area contributed by atoms with E-state index in [0.717, 1.165) is 39.7 Å². The van der Waals surface area contributed by atoms with Crippen molar-refractivity contribution in [2.75, 3.05) is 0 Å². The number of pyridine rings is 1. The second kappa shape index (κ2) is 7.52. The topological polar surface area (TPSA) is 43.6 Å². The van der Waals surface area contributed by atoms with Gasteiger partial charge in [0.2, 0.25) is 0 Å². The molecule has 3 aromatic carbocycles. The van der Waals surface area contributed by atoms with Gasteiger partial charge in [-0.1, -0.05) is 78.9 Å². The zero-order chi connectivity index (χ0) is 19.5. The van der Waals surface area contributed by atoms with Crippen molar-refractivity contribution in [3.05, 3.63) is 109 Å². The maximum Gasteiger partial charge on any atom is 0.168 e. The van der Waals surface area contributed by atoms with E-state index in [1.54, 1.807) is 0 Å². The zero-order valence-electron chi connectivity index (χ0n) is 15.7. The van der Waals surface area contributed by atoms with E-state index in [0.29, 0.717) is 0 Å². The first-order chi connectivity index (χ1) is 14.4. The lowest BCUT2D eigenvalue weighted by atomic mass is 10.1. The van der Waals surface area contributed by atoms with Crippen molar-refractivity contribution in [1.82, 2.24) is 19.7 Å². The van der Waals surface area contributed by atoms with Gasteiger partial charge >= 0.3 is 0 Å². The van der Waals surface area contributed by atoms with Crippen molar-refractivity contribution in [2.24, 2.45) is 0 Å². The molecule has 0 fully saturated rings. The molecule has 0 unspecified atom stereocenters. The Hall–Kier alpha value is -4.05. The molecule has 0 saturated carbocycles. The molecular weight excluding hydrogens is 356 g/mol. The molecule has 0 radical (unpaired) electrons. The maximum atomic E-state index is 4.52. The predicted molar refractivity (Wildman–Crippen MR) is 115 cm³/mol. The minimum absolute atomic E-state index is 0.815. The molecular formula is C25H18N4. The molecule has 0 aliphatic carbocycles. The van der Waals surface area contributed by atoms with Crippen molar-refractivity contribution < 1.29 is 0 Å². The standard InChI is InChI=1S/C25H18N4/c1-3-9-20(10-4-1)24-27-28-25(21-11-5-2-6-12-21)29(24)22-16-14-19(15-17-22)23-13-7-8-18-26-23/h1-18H. The number of hydrogen-bond acceptors (Lipinski definition) is 3. The number of hydrogen-bond donors (Lipinski definition) is 0. The molecule has 5 aromatic rings. The average molecular weight is 374 g/mol. The van der Waals surface area contributed by atoms with Gasteiger partial charge in [0.05, 0.1) is 5.69 Å². The summed E-state index contributed by atoms with van der Waals surface area (Å²) >= 11 is 0. The highest BCUT2D eigenvalue weighted by Crippen LogP contribution is 2.29. The van der Waals surface area contributed by atoms with E-state index >= 15 is 0 Å². The van der Waals surface area contributed by atoms with Crippen LogP contribution in [-0.4, -0.2) is 19.7 Å². The Morgan fingerprint density at radius 2 is 1.03 bits per heavy atom. The predicted octanol–water partition coefficient (Wildman–Crippen LogP) is 5.66. The van der Waals surface area contributed by atoms with Crippen molar-refractivity contribution in [3.8, 4) is 39.7 Å². The Morgan fingerprint density at radius 1 is 0.483 bits per heavy atom. The van der Waals surface area contributed by atoms with Crippen molar-refractivity contribution >= 4 is 0 Å². The van der Waals surface area contributed by atoms with Crippen molar-refractivity contribution in [3.63, 3.8) is 0 Å². The van der Waals surface area contributed by atoms with E-state index in [1.807, 2.05) is 60.8 Å². The van der Waals surface area contributed by atoms with Gasteiger partial charge in [0.25, 0.3) is 0 Å². The minimum atomic E-state index is 0.815. The first-order valence-electron chi connectivity index (χ1n) is 9.48. The highest BCUT2D eigenvalue weighted by molar-refractivity contribution is 5.68. The van der Waals surface area contributed by atoms with Crippen LogP contribution in [0.5, 0.6) is 0 Å². The summed E-state index contributed by atoms with van der Waals surface area (Å²) in [5.74, 6) is 1.63. The van der Waals surface area contributed by atoms with E-state index < -0.39 is 0 Å². The van der Waals surface area contributed by atoms with E-state index in [-0.39, 0.29) is 0 Å². The van der Waals surface area contributed by atoms with Crippen LogP contribution >= 0.6 is 0 Å². The summed E-state index contributed by atoms with van der Waals surface area (Å²) in [4.78, 5) is 4.44. The van der Waals surface area contributed by atoms with Crippen molar-refractivity contribution in [2.45, 2.75) is 0 Å². The van der Waals surface area contributed by atoms with Crippen LogP contribution in [0, 0.1) is 0 Å². The number of benzene rings is 3. The lowest BCUT2D eigenvalue weighted by Crippen LogP contribution is -2.00. The summed E-state index contributed by atoms with van der Waals surface area (Å²) in [5, 5.41) is 9.04. The second-order valence-corrected chi connectivity index (χ2v) is 6.68. The molecule has 29 heavy (non-hydrogen) atoms. The van der Waals surface area contributed by atoms with Crippen LogP contribution in [0.1, 0.15) is 0 Å². The second-order valence-electron chi connectivity index (χ2n) is 6.68. The summed E-state index contributed by atoms with van der Waals surface area (Å²) in [5.41, 5.74) is 5.08. The van der Waals surface area contributed by atoms with Gasteiger partial charge in [-0.3, -0.25) is 9.55 Å². The summed E-state index contributed by atoms with van der Waals surface area (Å²) < 4.78 is 2.10. The van der Waals surface area contributed by atoms with Gasteiger partial charge in [-0.05, 0) is 24.3 Å². The summed E-state index contributed by atoms with van der Waals surface area (Å²) in [6, 6.07) is 34.6. The SMILES string of the molecule is c1ccc(-c2nnc(-c3ccccc3)n2-c2ccc(-c3ccccn3)cc2)cc1. The van der Waals surface area contributed by atoms with Gasteiger partial charge in [-0.2, -0.15) is 0 Å². The number of nitrogens with zero attached hydrogens (tertiary/aromatic N) is 4. The fourth-order valence-corrected chi connectivity index (χ4v) is 3.39. The third-order valence-electron chi connectivity index (χ3n) is 4.81.